The fourth-order valence-electron chi connectivity index (χ4n) is 1.87. The van der Waals surface area contributed by atoms with Gasteiger partial charge in [0.05, 0.1) is 7.11 Å². The normalized spacial score (nSPS) is 10.5. The number of Topliss-reactive ketones (excluding diaryl/α,β-unsaturated/α-hetero) is 1. The lowest BCUT2D eigenvalue weighted by molar-refractivity contribution is -0.136. The summed E-state index contributed by atoms with van der Waals surface area (Å²) in [5.41, 5.74) is 1.25. The number of carbonyl (C=O) groups excluding carboxylic acids is 2. The molecule has 23 heavy (non-hydrogen) atoms. The predicted molar refractivity (Wildman–Crippen MR) is 91.5 cm³/mol. The summed E-state index contributed by atoms with van der Waals surface area (Å²) in [5.74, 6) is -0.180. The number of halogens is 1. The van der Waals surface area contributed by atoms with E-state index in [9.17, 15) is 9.59 Å². The number of para-hydroxylation sites is 1. The van der Waals surface area contributed by atoms with Gasteiger partial charge in [-0.25, -0.2) is 4.79 Å². The van der Waals surface area contributed by atoms with Crippen LogP contribution in [0.25, 0.3) is 6.08 Å². The summed E-state index contributed by atoms with van der Waals surface area (Å²) in [4.78, 5) is 23.6. The highest BCUT2D eigenvalue weighted by Gasteiger charge is 2.08. The Hall–Kier alpha value is -2.40. The Kier molecular flexibility index (Phi) is 6.11. The lowest BCUT2D eigenvalue weighted by atomic mass is 10.1. The predicted octanol–water partition coefficient (Wildman–Crippen LogP) is 3.90. The number of carbonyl (C=O) groups is 2. The molecule has 0 N–H and O–H groups in total. The summed E-state index contributed by atoms with van der Waals surface area (Å²) in [7, 11) is 1.56. The van der Waals surface area contributed by atoms with E-state index in [1.807, 2.05) is 18.2 Å². The largest absolute Gasteiger partial charge is 0.496 e. The number of esters is 1. The third-order valence-corrected chi connectivity index (χ3v) is 3.58. The van der Waals surface area contributed by atoms with Crippen LogP contribution in [0.4, 0.5) is 0 Å². The second-order valence-corrected chi connectivity index (χ2v) is 5.53. The molecular weight excluding hydrogens is 360 g/mol. The molecule has 2 aromatic rings. The maximum Gasteiger partial charge on any atom is 0.331 e. The van der Waals surface area contributed by atoms with Crippen LogP contribution in [0.5, 0.6) is 5.75 Å². The number of hydrogen-bond acceptors (Lipinski definition) is 4. The SMILES string of the molecule is COc1ccccc1/C=C/C(=O)OCC(=O)c1ccc(Br)cc1. The minimum absolute atomic E-state index is 0.253. The fraction of sp³-hybridized carbons (Fsp3) is 0.111. The number of hydrogen-bond donors (Lipinski definition) is 0. The van der Waals surface area contributed by atoms with Gasteiger partial charge in [0.25, 0.3) is 0 Å². The van der Waals surface area contributed by atoms with Crippen molar-refractivity contribution < 1.29 is 19.1 Å². The molecule has 0 bridgehead atoms. The minimum Gasteiger partial charge on any atom is -0.496 e. The van der Waals surface area contributed by atoms with E-state index in [0.717, 1.165) is 10.0 Å². The smallest absolute Gasteiger partial charge is 0.331 e. The van der Waals surface area contributed by atoms with Gasteiger partial charge in [0, 0.05) is 21.7 Å². The average molecular weight is 375 g/mol. The first kappa shape index (κ1) is 17.0. The van der Waals surface area contributed by atoms with Gasteiger partial charge in [0.15, 0.2) is 12.4 Å². The molecule has 0 aromatic heterocycles. The highest BCUT2D eigenvalue weighted by molar-refractivity contribution is 9.10. The van der Waals surface area contributed by atoms with Gasteiger partial charge >= 0.3 is 5.97 Å². The van der Waals surface area contributed by atoms with Crippen molar-refractivity contribution in [2.45, 2.75) is 0 Å². The topological polar surface area (TPSA) is 52.6 Å². The Morgan fingerprint density at radius 3 is 2.48 bits per heavy atom. The minimum atomic E-state index is -0.582. The molecule has 0 saturated heterocycles. The molecule has 118 valence electrons. The van der Waals surface area contributed by atoms with Gasteiger partial charge in [0.2, 0.25) is 0 Å². The van der Waals surface area contributed by atoms with E-state index in [-0.39, 0.29) is 12.4 Å². The molecule has 0 fully saturated rings. The summed E-state index contributed by atoms with van der Waals surface area (Å²) in [6.07, 6.45) is 2.86. The molecule has 0 spiro atoms. The zero-order chi connectivity index (χ0) is 16.7. The number of ether oxygens (including phenoxy) is 2. The summed E-state index contributed by atoms with van der Waals surface area (Å²) in [6.45, 7) is -0.295. The van der Waals surface area contributed by atoms with Crippen LogP contribution in [0.15, 0.2) is 59.1 Å². The molecule has 0 aliphatic rings. The number of methoxy groups -OCH3 is 1. The van der Waals surface area contributed by atoms with E-state index in [2.05, 4.69) is 15.9 Å². The molecule has 0 aliphatic carbocycles. The van der Waals surface area contributed by atoms with E-state index < -0.39 is 5.97 Å². The average Bonchev–Trinajstić information content (AvgIpc) is 2.58. The van der Waals surface area contributed by atoms with Gasteiger partial charge in [0.1, 0.15) is 5.75 Å². The van der Waals surface area contributed by atoms with Crippen molar-refractivity contribution in [3.05, 3.63) is 70.2 Å². The van der Waals surface area contributed by atoms with Gasteiger partial charge in [-0.15, -0.1) is 0 Å². The third kappa shape index (κ3) is 5.07. The van der Waals surface area contributed by atoms with Crippen molar-refractivity contribution in [1.82, 2.24) is 0 Å². The second-order valence-electron chi connectivity index (χ2n) is 4.61. The Labute approximate surface area is 142 Å². The summed E-state index contributed by atoms with van der Waals surface area (Å²) in [6, 6.07) is 14.1. The van der Waals surface area contributed by atoms with E-state index in [1.54, 1.807) is 43.5 Å². The molecule has 0 atom stereocenters. The Bertz CT molecular complexity index is 720. The summed E-state index contributed by atoms with van der Waals surface area (Å²) in [5, 5.41) is 0. The Balaban J connectivity index is 1.91. The number of rotatable bonds is 6. The molecule has 0 saturated carbocycles. The van der Waals surface area contributed by atoms with Crippen molar-refractivity contribution in [3.8, 4) is 5.75 Å². The lowest BCUT2D eigenvalue weighted by Gasteiger charge is -2.04. The van der Waals surface area contributed by atoms with Crippen LogP contribution in [0.2, 0.25) is 0 Å². The molecule has 0 heterocycles. The molecule has 0 amide bonds. The molecule has 0 unspecified atom stereocenters. The maximum absolute atomic E-state index is 11.9. The number of benzene rings is 2. The van der Waals surface area contributed by atoms with E-state index in [1.165, 1.54) is 6.08 Å². The highest BCUT2D eigenvalue weighted by Crippen LogP contribution is 2.18. The zero-order valence-corrected chi connectivity index (χ0v) is 14.1. The molecule has 2 aromatic carbocycles. The lowest BCUT2D eigenvalue weighted by Crippen LogP contribution is -2.12. The Morgan fingerprint density at radius 1 is 1.09 bits per heavy atom. The standard InChI is InChI=1S/C18H15BrO4/c1-22-17-5-3-2-4-14(17)8-11-18(21)23-12-16(20)13-6-9-15(19)10-7-13/h2-11H,12H2,1H3/b11-8+. The molecule has 4 nitrogen and oxygen atoms in total. The van der Waals surface area contributed by atoms with Crippen molar-refractivity contribution in [3.63, 3.8) is 0 Å². The molecular formula is C18H15BrO4. The van der Waals surface area contributed by atoms with Gasteiger partial charge in [-0.05, 0) is 24.3 Å². The van der Waals surface area contributed by atoms with Crippen molar-refractivity contribution >= 4 is 33.8 Å². The number of ketones is 1. The van der Waals surface area contributed by atoms with Crippen LogP contribution in [0.3, 0.4) is 0 Å². The quantitative estimate of drug-likeness (QED) is 0.437. The van der Waals surface area contributed by atoms with Gasteiger partial charge in [-0.2, -0.15) is 0 Å². The molecule has 0 aliphatic heterocycles. The first-order valence-electron chi connectivity index (χ1n) is 6.87. The molecule has 5 heteroatoms. The second kappa shape index (κ2) is 8.29. The maximum atomic E-state index is 11.9. The summed E-state index contributed by atoms with van der Waals surface area (Å²) < 4.78 is 11.0. The monoisotopic (exact) mass is 374 g/mol. The van der Waals surface area contributed by atoms with Crippen LogP contribution in [0.1, 0.15) is 15.9 Å². The van der Waals surface area contributed by atoms with Crippen molar-refractivity contribution in [2.75, 3.05) is 13.7 Å². The van der Waals surface area contributed by atoms with Crippen LogP contribution in [-0.2, 0) is 9.53 Å². The first-order valence-corrected chi connectivity index (χ1v) is 7.66. The van der Waals surface area contributed by atoms with E-state index in [4.69, 9.17) is 9.47 Å². The van der Waals surface area contributed by atoms with Gasteiger partial charge in [-0.1, -0.05) is 46.3 Å². The molecule has 2 rings (SSSR count). The van der Waals surface area contributed by atoms with Crippen LogP contribution in [0, 0.1) is 0 Å². The first-order chi connectivity index (χ1) is 11.1. The van der Waals surface area contributed by atoms with Crippen molar-refractivity contribution in [1.29, 1.82) is 0 Å². The summed E-state index contributed by atoms with van der Waals surface area (Å²) >= 11 is 3.30. The van der Waals surface area contributed by atoms with Crippen LogP contribution >= 0.6 is 15.9 Å². The highest BCUT2D eigenvalue weighted by atomic mass is 79.9. The van der Waals surface area contributed by atoms with Crippen molar-refractivity contribution in [2.24, 2.45) is 0 Å². The molecule has 0 radical (unpaired) electrons. The Morgan fingerprint density at radius 2 is 1.78 bits per heavy atom. The van der Waals surface area contributed by atoms with E-state index in [0.29, 0.717) is 11.3 Å². The fourth-order valence-corrected chi connectivity index (χ4v) is 2.13. The van der Waals surface area contributed by atoms with Crippen LogP contribution in [-0.4, -0.2) is 25.5 Å². The van der Waals surface area contributed by atoms with Gasteiger partial charge < -0.3 is 9.47 Å². The third-order valence-electron chi connectivity index (χ3n) is 3.05. The van der Waals surface area contributed by atoms with Gasteiger partial charge in [-0.3, -0.25) is 4.79 Å². The zero-order valence-electron chi connectivity index (χ0n) is 12.5. The van der Waals surface area contributed by atoms with Crippen LogP contribution < -0.4 is 4.74 Å². The van der Waals surface area contributed by atoms with E-state index >= 15 is 0 Å².